The molecule has 0 spiro atoms. The number of hydrogen-bond acceptors (Lipinski definition) is 2. The lowest BCUT2D eigenvalue weighted by atomic mass is 9.82. The third kappa shape index (κ3) is 5.19. The van der Waals surface area contributed by atoms with Gasteiger partial charge >= 0.3 is 6.18 Å². The summed E-state index contributed by atoms with van der Waals surface area (Å²) < 4.78 is 65.7. The van der Waals surface area contributed by atoms with E-state index in [4.69, 9.17) is 11.6 Å². The third-order valence-corrected chi connectivity index (χ3v) is 5.54. The second-order valence-electron chi connectivity index (χ2n) is 7.50. The van der Waals surface area contributed by atoms with Crippen LogP contribution in [-0.2, 0) is 6.54 Å². The summed E-state index contributed by atoms with van der Waals surface area (Å²) in [5.74, 6) is -3.46. The fourth-order valence-corrected chi connectivity index (χ4v) is 3.78. The summed E-state index contributed by atoms with van der Waals surface area (Å²) in [5.41, 5.74) is -1.00. The SMILES string of the molecule is O=C(NCC1(O)CCC(F)(F)CC1)c1cn(CCC(F)(F)F)c2cccc(Cl)c12. The van der Waals surface area contributed by atoms with Crippen LogP contribution in [0.1, 0.15) is 42.5 Å². The highest BCUT2D eigenvalue weighted by atomic mass is 35.5. The highest BCUT2D eigenvalue weighted by Crippen LogP contribution is 2.38. The first-order chi connectivity index (χ1) is 13.4. The van der Waals surface area contributed by atoms with E-state index in [0.717, 1.165) is 0 Å². The summed E-state index contributed by atoms with van der Waals surface area (Å²) >= 11 is 6.17. The molecule has 1 aliphatic carbocycles. The van der Waals surface area contributed by atoms with E-state index in [9.17, 15) is 31.9 Å². The Balaban J connectivity index is 1.79. The zero-order valence-corrected chi connectivity index (χ0v) is 16.1. The van der Waals surface area contributed by atoms with Crippen LogP contribution in [0.5, 0.6) is 0 Å². The zero-order chi connectivity index (χ0) is 21.4. The fourth-order valence-electron chi connectivity index (χ4n) is 3.51. The lowest BCUT2D eigenvalue weighted by molar-refractivity contribution is -0.136. The van der Waals surface area contributed by atoms with Gasteiger partial charge in [-0.1, -0.05) is 17.7 Å². The van der Waals surface area contributed by atoms with Crippen molar-refractivity contribution in [3.05, 3.63) is 35.0 Å². The number of carbonyl (C=O) groups is 1. The van der Waals surface area contributed by atoms with E-state index >= 15 is 0 Å². The molecule has 0 atom stereocenters. The number of aryl methyl sites for hydroxylation is 1. The molecule has 1 saturated carbocycles. The standard InChI is InChI=1S/C19H20ClF5N2O2/c20-13-2-1-3-14-15(13)12(10-27(14)9-8-19(23,24)25)16(28)26-11-17(29)4-6-18(21,22)7-5-17/h1-3,10,29H,4-9,11H2,(H,26,28). The highest BCUT2D eigenvalue weighted by molar-refractivity contribution is 6.36. The molecule has 1 heterocycles. The number of nitrogens with zero attached hydrogens (tertiary/aromatic N) is 1. The molecule has 3 rings (SSSR count). The van der Waals surface area contributed by atoms with Crippen LogP contribution in [0.4, 0.5) is 22.0 Å². The van der Waals surface area contributed by atoms with E-state index in [1.54, 1.807) is 12.1 Å². The lowest BCUT2D eigenvalue weighted by Gasteiger charge is -2.35. The molecule has 1 aromatic heterocycles. The molecule has 1 aromatic carbocycles. The van der Waals surface area contributed by atoms with Gasteiger partial charge in [-0.3, -0.25) is 4.79 Å². The maximum atomic E-state index is 13.3. The molecule has 1 aliphatic rings. The van der Waals surface area contributed by atoms with Gasteiger partial charge in [0.2, 0.25) is 5.92 Å². The molecule has 0 unspecified atom stereocenters. The van der Waals surface area contributed by atoms with Crippen LogP contribution in [0.25, 0.3) is 10.9 Å². The van der Waals surface area contributed by atoms with Gasteiger partial charge in [0.25, 0.3) is 5.91 Å². The summed E-state index contributed by atoms with van der Waals surface area (Å²) in [6.07, 6.45) is -5.40. The summed E-state index contributed by atoms with van der Waals surface area (Å²) in [6, 6.07) is 4.65. The van der Waals surface area contributed by atoms with Gasteiger partial charge in [0.05, 0.1) is 28.1 Å². The van der Waals surface area contributed by atoms with Gasteiger partial charge in [-0.2, -0.15) is 13.2 Å². The first-order valence-corrected chi connectivity index (χ1v) is 9.50. The van der Waals surface area contributed by atoms with Crippen molar-refractivity contribution in [2.24, 2.45) is 0 Å². The normalized spacial score (nSPS) is 18.7. The van der Waals surface area contributed by atoms with Crippen molar-refractivity contribution in [3.63, 3.8) is 0 Å². The number of amides is 1. The Morgan fingerprint density at radius 3 is 2.48 bits per heavy atom. The largest absolute Gasteiger partial charge is 0.390 e. The van der Waals surface area contributed by atoms with Crippen LogP contribution in [-0.4, -0.2) is 39.8 Å². The first-order valence-electron chi connectivity index (χ1n) is 9.12. The Labute approximate surface area is 168 Å². The highest BCUT2D eigenvalue weighted by Gasteiger charge is 2.42. The molecule has 2 aromatic rings. The van der Waals surface area contributed by atoms with Crippen LogP contribution in [0.3, 0.4) is 0 Å². The molecular weight excluding hydrogens is 419 g/mol. The van der Waals surface area contributed by atoms with E-state index in [0.29, 0.717) is 10.9 Å². The van der Waals surface area contributed by atoms with Crippen molar-refractivity contribution in [2.75, 3.05) is 6.54 Å². The Kier molecular flexibility index (Phi) is 5.84. The second-order valence-corrected chi connectivity index (χ2v) is 7.91. The average molecular weight is 439 g/mol. The number of aromatic nitrogens is 1. The lowest BCUT2D eigenvalue weighted by Crippen LogP contribution is -2.47. The van der Waals surface area contributed by atoms with Crippen LogP contribution < -0.4 is 5.32 Å². The van der Waals surface area contributed by atoms with Crippen molar-refractivity contribution in [1.29, 1.82) is 0 Å². The Bertz CT molecular complexity index is 900. The Morgan fingerprint density at radius 1 is 1.21 bits per heavy atom. The van der Waals surface area contributed by atoms with Gasteiger partial charge in [-0.25, -0.2) is 8.78 Å². The minimum atomic E-state index is -4.36. The molecule has 1 amide bonds. The molecule has 0 bridgehead atoms. The van der Waals surface area contributed by atoms with Gasteiger partial charge in [0.1, 0.15) is 0 Å². The van der Waals surface area contributed by atoms with Crippen LogP contribution in [0.2, 0.25) is 5.02 Å². The number of alkyl halides is 5. The summed E-state index contributed by atoms with van der Waals surface area (Å²) in [5, 5.41) is 13.5. The third-order valence-electron chi connectivity index (χ3n) is 5.23. The summed E-state index contributed by atoms with van der Waals surface area (Å²) in [6.45, 7) is -0.617. The molecule has 4 nitrogen and oxygen atoms in total. The van der Waals surface area contributed by atoms with Crippen LogP contribution in [0.15, 0.2) is 24.4 Å². The number of rotatable bonds is 5. The number of nitrogens with one attached hydrogen (secondary N) is 1. The molecule has 29 heavy (non-hydrogen) atoms. The monoisotopic (exact) mass is 438 g/mol. The molecule has 0 aliphatic heterocycles. The zero-order valence-electron chi connectivity index (χ0n) is 15.3. The van der Waals surface area contributed by atoms with Crippen LogP contribution in [0, 0.1) is 0 Å². The van der Waals surface area contributed by atoms with Crippen LogP contribution >= 0.6 is 11.6 Å². The van der Waals surface area contributed by atoms with E-state index < -0.39 is 42.9 Å². The van der Waals surface area contributed by atoms with Gasteiger partial charge in [0.15, 0.2) is 0 Å². The Morgan fingerprint density at radius 2 is 1.86 bits per heavy atom. The van der Waals surface area contributed by atoms with Crippen molar-refractivity contribution < 1.29 is 31.9 Å². The molecule has 2 N–H and O–H groups in total. The molecule has 0 saturated heterocycles. The van der Waals surface area contributed by atoms with E-state index in [1.807, 2.05) is 0 Å². The van der Waals surface area contributed by atoms with Gasteiger partial charge in [-0.05, 0) is 25.0 Å². The van der Waals surface area contributed by atoms with E-state index in [1.165, 1.54) is 16.8 Å². The minimum Gasteiger partial charge on any atom is -0.388 e. The summed E-state index contributed by atoms with van der Waals surface area (Å²) in [7, 11) is 0. The van der Waals surface area contributed by atoms with E-state index in [2.05, 4.69) is 5.32 Å². The number of fused-ring (bicyclic) bond motifs is 1. The predicted molar refractivity (Wildman–Crippen MR) is 98.3 cm³/mol. The molecular formula is C19H20ClF5N2O2. The maximum Gasteiger partial charge on any atom is 0.390 e. The molecule has 160 valence electrons. The number of halogens is 6. The fraction of sp³-hybridized carbons (Fsp3) is 0.526. The number of hydrogen-bond donors (Lipinski definition) is 2. The minimum absolute atomic E-state index is 0.0671. The van der Waals surface area contributed by atoms with E-state index in [-0.39, 0.29) is 36.5 Å². The first kappa shape index (κ1) is 21.8. The van der Waals surface area contributed by atoms with Gasteiger partial charge in [-0.15, -0.1) is 0 Å². The van der Waals surface area contributed by atoms with Gasteiger partial charge < -0.3 is 15.0 Å². The Hall–Kier alpha value is -1.87. The van der Waals surface area contributed by atoms with Gasteiger partial charge in [0, 0.05) is 37.5 Å². The smallest absolute Gasteiger partial charge is 0.388 e. The predicted octanol–water partition coefficient (Wildman–Crippen LogP) is 4.92. The number of aliphatic hydroxyl groups is 1. The molecule has 10 heteroatoms. The topological polar surface area (TPSA) is 54.3 Å². The quantitative estimate of drug-likeness (QED) is 0.651. The van der Waals surface area contributed by atoms with Crippen molar-refractivity contribution in [3.8, 4) is 0 Å². The van der Waals surface area contributed by atoms with Crippen molar-refractivity contribution >= 4 is 28.4 Å². The molecule has 1 fully saturated rings. The maximum absolute atomic E-state index is 13.3. The summed E-state index contributed by atoms with van der Waals surface area (Å²) in [4.78, 5) is 12.7. The number of carbonyl (C=O) groups excluding carboxylic acids is 1. The number of benzene rings is 1. The second kappa shape index (κ2) is 7.75. The average Bonchev–Trinajstić information content (AvgIpc) is 3.01. The molecule has 0 radical (unpaired) electrons. The van der Waals surface area contributed by atoms with Crippen molar-refractivity contribution in [1.82, 2.24) is 9.88 Å². The van der Waals surface area contributed by atoms with Crippen molar-refractivity contribution in [2.45, 2.75) is 56.3 Å².